The molecule has 82 valence electrons. The van der Waals surface area contributed by atoms with E-state index in [1.807, 2.05) is 0 Å². The molecule has 0 N–H and O–H groups in total. The van der Waals surface area contributed by atoms with Gasteiger partial charge >= 0.3 is 5.97 Å². The molecule has 0 heterocycles. The topological polar surface area (TPSA) is 43.4 Å². The smallest absolute Gasteiger partial charge is 0.313 e. The van der Waals surface area contributed by atoms with E-state index < -0.39 is 5.97 Å². The summed E-state index contributed by atoms with van der Waals surface area (Å²) < 4.78 is 4.20. The monoisotopic (exact) mass is 200 g/mol. The molecule has 0 fully saturated rings. The molecule has 0 aliphatic rings. The third-order valence-corrected chi connectivity index (χ3v) is 0.621. The van der Waals surface area contributed by atoms with Crippen molar-refractivity contribution in [2.45, 2.75) is 13.3 Å². The number of rotatable bonds is 2. The summed E-state index contributed by atoms with van der Waals surface area (Å²) >= 11 is 0. The molecule has 0 aromatic carbocycles. The number of esters is 1. The molecule has 0 spiro atoms. The number of Topliss-reactive ketones (excluding diaryl/α,β-unsaturated/α-hetero) is 1. The van der Waals surface area contributed by atoms with Crippen molar-refractivity contribution in [3.63, 3.8) is 0 Å². The third kappa shape index (κ3) is 47.7. The minimum atomic E-state index is -0.475. The van der Waals surface area contributed by atoms with Crippen LogP contribution in [-0.4, -0.2) is 18.9 Å². The van der Waals surface area contributed by atoms with E-state index in [1.54, 1.807) is 0 Å². The van der Waals surface area contributed by atoms with Crippen LogP contribution >= 0.6 is 0 Å². The largest absolute Gasteiger partial charge is 0.469 e. The molecule has 0 unspecified atom stereocenters. The highest BCUT2D eigenvalue weighted by Crippen LogP contribution is 1.83. The van der Waals surface area contributed by atoms with Gasteiger partial charge in [0.25, 0.3) is 0 Å². The van der Waals surface area contributed by atoms with E-state index >= 15 is 0 Å². The summed E-state index contributed by atoms with van der Waals surface area (Å²) in [7, 11) is 1.26. The van der Waals surface area contributed by atoms with Gasteiger partial charge in [0.2, 0.25) is 0 Å². The van der Waals surface area contributed by atoms with Crippen LogP contribution in [0.4, 0.5) is 0 Å². The van der Waals surface area contributed by atoms with E-state index in [0.717, 1.165) is 0 Å². The molecule has 0 aliphatic heterocycles. The lowest BCUT2D eigenvalue weighted by molar-refractivity contribution is -0.142. The van der Waals surface area contributed by atoms with Gasteiger partial charge in [-0.1, -0.05) is 0 Å². The van der Waals surface area contributed by atoms with Crippen LogP contribution in [0.25, 0.3) is 0 Å². The van der Waals surface area contributed by atoms with Crippen LogP contribution in [0.2, 0.25) is 0 Å². The second-order valence-corrected chi connectivity index (χ2v) is 1.45. The molecule has 3 nitrogen and oxygen atoms in total. The van der Waals surface area contributed by atoms with Crippen molar-refractivity contribution >= 4 is 11.8 Å². The summed E-state index contributed by atoms with van der Waals surface area (Å²) in [5, 5.41) is 0. The molecule has 0 radical (unpaired) electrons. The van der Waals surface area contributed by atoms with Crippen LogP contribution in [0.5, 0.6) is 0 Å². The highest BCUT2D eigenvalue weighted by Gasteiger charge is 2.01. The first-order valence-electron chi connectivity index (χ1n) is 3.73. The van der Waals surface area contributed by atoms with E-state index in [0.29, 0.717) is 0 Å². The van der Waals surface area contributed by atoms with Crippen molar-refractivity contribution < 1.29 is 14.3 Å². The van der Waals surface area contributed by atoms with Gasteiger partial charge in [0.05, 0.1) is 7.11 Å². The predicted octanol–water partition coefficient (Wildman–Crippen LogP) is 2.55. The van der Waals surface area contributed by atoms with Gasteiger partial charge < -0.3 is 4.74 Å². The van der Waals surface area contributed by atoms with Crippen molar-refractivity contribution in [2.24, 2.45) is 0 Å². The summed E-state index contributed by atoms with van der Waals surface area (Å²) in [6, 6.07) is 0. The minimum Gasteiger partial charge on any atom is -0.469 e. The summed E-state index contributed by atoms with van der Waals surface area (Å²) in [5.74, 6) is -0.644. The number of ether oxygens (including phenoxy) is 1. The highest BCUT2D eigenvalue weighted by molar-refractivity contribution is 5.93. The fraction of sp³-hybridized carbons (Fsp3) is 0.273. The summed E-state index contributed by atoms with van der Waals surface area (Å²) in [4.78, 5) is 20.3. The van der Waals surface area contributed by atoms with Crippen molar-refractivity contribution in [2.75, 3.05) is 7.11 Å². The van der Waals surface area contributed by atoms with Crippen LogP contribution in [0.15, 0.2) is 39.5 Å². The first-order chi connectivity index (χ1) is 6.66. The molecular weight excluding hydrogens is 180 g/mol. The Balaban J connectivity index is -0.0000000708. The van der Waals surface area contributed by atoms with Gasteiger partial charge in [-0.05, 0) is 6.92 Å². The average Bonchev–Trinajstić information content (AvgIpc) is 2.25. The lowest BCUT2D eigenvalue weighted by Gasteiger charge is -1.90. The lowest BCUT2D eigenvalue weighted by atomic mass is 10.3. The summed E-state index contributed by atoms with van der Waals surface area (Å²) in [5.41, 5.74) is 0. The normalized spacial score (nSPS) is 5.57. The van der Waals surface area contributed by atoms with Crippen LogP contribution in [0.3, 0.4) is 0 Å². The fourth-order valence-corrected chi connectivity index (χ4v) is 0.275. The Bertz CT molecular complexity index is 137. The highest BCUT2D eigenvalue weighted by atomic mass is 16.5. The van der Waals surface area contributed by atoms with Gasteiger partial charge in [-0.2, -0.15) is 0 Å². The quantitative estimate of drug-likeness (QED) is 0.391. The second kappa shape index (κ2) is 30.1. The van der Waals surface area contributed by atoms with Crippen LogP contribution in [0.1, 0.15) is 13.3 Å². The molecule has 14 heavy (non-hydrogen) atoms. The van der Waals surface area contributed by atoms with Crippen LogP contribution in [-0.2, 0) is 14.3 Å². The Hall–Kier alpha value is -1.64. The molecule has 0 atom stereocenters. The van der Waals surface area contributed by atoms with E-state index in [9.17, 15) is 9.59 Å². The van der Waals surface area contributed by atoms with E-state index in [1.165, 1.54) is 14.0 Å². The molecule has 0 rings (SSSR count). The number of methoxy groups -OCH3 is 1. The Morgan fingerprint density at radius 1 is 1.00 bits per heavy atom. The number of hydrogen-bond donors (Lipinski definition) is 0. The van der Waals surface area contributed by atoms with Gasteiger partial charge in [0.15, 0.2) is 0 Å². The number of carbonyl (C=O) groups excluding carboxylic acids is 2. The van der Waals surface area contributed by atoms with Gasteiger partial charge in [-0.25, -0.2) is 0 Å². The molecule has 0 aromatic heterocycles. The molecule has 0 saturated carbocycles. The third-order valence-electron chi connectivity index (χ3n) is 0.621. The molecule has 0 saturated heterocycles. The first kappa shape index (κ1) is 22.8. The maximum absolute atomic E-state index is 10.2. The van der Waals surface area contributed by atoms with Gasteiger partial charge in [0, 0.05) is 0 Å². The van der Waals surface area contributed by atoms with Crippen molar-refractivity contribution in [1.29, 1.82) is 0 Å². The zero-order chi connectivity index (χ0) is 12.6. The summed E-state index contributed by atoms with van der Waals surface area (Å²) in [6.45, 7) is 19.3. The fourth-order valence-electron chi connectivity index (χ4n) is 0.275. The van der Waals surface area contributed by atoms with E-state index in [2.05, 4.69) is 44.2 Å². The second-order valence-electron chi connectivity index (χ2n) is 1.45. The lowest BCUT2D eigenvalue weighted by Crippen LogP contribution is -2.05. The standard InChI is InChI=1S/C5H8O3.3C2H4/c1-4(6)3-5(7)8-2;3*1-2/h3H2,1-2H3;3*1-2H2. The number of carbonyl (C=O) groups is 2. The molecule has 0 aromatic rings. The Morgan fingerprint density at radius 2 is 1.29 bits per heavy atom. The van der Waals surface area contributed by atoms with Gasteiger partial charge in [-0.3, -0.25) is 9.59 Å². The molecular formula is C11H20O3. The van der Waals surface area contributed by atoms with Crippen molar-refractivity contribution in [3.8, 4) is 0 Å². The van der Waals surface area contributed by atoms with E-state index in [-0.39, 0.29) is 12.2 Å². The SMILES string of the molecule is C=C.C=C.C=C.COC(=O)CC(C)=O. The Labute approximate surface area is 86.8 Å². The van der Waals surface area contributed by atoms with Crippen LogP contribution in [0, 0.1) is 0 Å². The number of hydrogen-bond acceptors (Lipinski definition) is 3. The zero-order valence-corrected chi connectivity index (χ0v) is 9.17. The predicted molar refractivity (Wildman–Crippen MR) is 61.1 cm³/mol. The Morgan fingerprint density at radius 3 is 1.36 bits per heavy atom. The zero-order valence-electron chi connectivity index (χ0n) is 9.17. The van der Waals surface area contributed by atoms with Crippen molar-refractivity contribution in [3.05, 3.63) is 39.5 Å². The average molecular weight is 200 g/mol. The maximum Gasteiger partial charge on any atom is 0.313 e. The van der Waals surface area contributed by atoms with Gasteiger partial charge in [-0.15, -0.1) is 39.5 Å². The van der Waals surface area contributed by atoms with E-state index in [4.69, 9.17) is 0 Å². The maximum atomic E-state index is 10.2. The first-order valence-corrected chi connectivity index (χ1v) is 3.73. The van der Waals surface area contributed by atoms with Gasteiger partial charge in [0.1, 0.15) is 12.2 Å². The van der Waals surface area contributed by atoms with Crippen molar-refractivity contribution in [1.82, 2.24) is 0 Å². The Kier molecular flexibility index (Phi) is 49.1. The minimum absolute atomic E-state index is 0.115. The summed E-state index contributed by atoms with van der Waals surface area (Å²) in [6.07, 6.45) is -0.115. The molecule has 3 heteroatoms. The molecule has 0 bridgehead atoms. The molecule has 0 aliphatic carbocycles. The van der Waals surface area contributed by atoms with Crippen LogP contribution < -0.4 is 0 Å². The number of ketones is 1. The molecule has 0 amide bonds.